The third kappa shape index (κ3) is 1350. The first-order chi connectivity index (χ1) is 10.6. The van der Waals surface area contributed by atoms with Gasteiger partial charge in [-0.25, -0.2) is 8.42 Å². The van der Waals surface area contributed by atoms with Crippen LogP contribution in [-0.2, 0) is 9.84 Å². The first kappa shape index (κ1) is 95.9. The normalized spacial score (nSPS) is 4.54. The van der Waals surface area contributed by atoms with Crippen LogP contribution in [0.4, 0.5) is 0 Å². The Labute approximate surface area is 179 Å². The van der Waals surface area contributed by atoms with Gasteiger partial charge in [-0.05, 0) is 0 Å². The number of hydrogen-bond donors (Lipinski definition) is 0. The lowest BCUT2D eigenvalue weighted by Gasteiger charge is -1.81. The smallest absolute Gasteiger partial charge is 0.147 e. The molecule has 0 bridgehead atoms. The maximum atomic E-state index is 10.0. The zero-order valence-electron chi connectivity index (χ0n) is 21.1. The average Bonchev–Trinajstić information content (AvgIpc) is 2.68. The molecule has 0 saturated heterocycles. The third-order valence-electron chi connectivity index (χ3n) is 0.524. The van der Waals surface area contributed by atoms with Crippen LogP contribution in [0.15, 0.2) is 0 Å². The van der Waals surface area contributed by atoms with Crippen LogP contribution in [0.5, 0.6) is 0 Å². The maximum absolute atomic E-state index is 10.0. The molecule has 0 aliphatic carbocycles. The zero-order valence-corrected chi connectivity index (χ0v) is 21.9. The van der Waals surface area contributed by atoms with E-state index in [1.807, 2.05) is 111 Å². The van der Waals surface area contributed by atoms with Crippen molar-refractivity contribution in [3.8, 4) is 0 Å². The van der Waals surface area contributed by atoms with Crippen molar-refractivity contribution >= 4 is 26.7 Å². The largest absolute Gasteiger partial charge is 0.229 e. The summed E-state index contributed by atoms with van der Waals surface area (Å²) in [6.07, 6.45) is 1.22. The van der Waals surface area contributed by atoms with E-state index in [4.69, 9.17) is 0 Å². The lowest BCUT2D eigenvalue weighted by atomic mass is 10.8. The lowest BCUT2D eigenvalue weighted by Crippen LogP contribution is -1.96. The highest BCUT2D eigenvalue weighted by molar-refractivity contribution is 7.90. The fraction of sp³-hybridized carbons (Fsp3) is 1.00. The van der Waals surface area contributed by atoms with E-state index in [2.05, 4.69) is 0 Å². The highest BCUT2D eigenvalue weighted by atomic mass is 32.2. The molecule has 0 aliphatic heterocycles. The molecule has 0 N–H and O–H groups in total. The van der Waals surface area contributed by atoms with Gasteiger partial charge in [0.25, 0.3) is 0 Å². The van der Waals surface area contributed by atoms with E-state index in [1.165, 1.54) is 6.26 Å². The summed E-state index contributed by atoms with van der Waals surface area (Å²) >= 11 is 0. The van der Waals surface area contributed by atoms with Crippen LogP contribution >= 0.6 is 0 Å². The van der Waals surface area contributed by atoms with E-state index < -0.39 is 9.84 Å². The first-order valence-electron chi connectivity index (χ1n) is 9.74. The van der Waals surface area contributed by atoms with E-state index in [9.17, 15) is 8.42 Å². The topological polar surface area (TPSA) is 34.1 Å². The van der Waals surface area contributed by atoms with Gasteiger partial charge in [0.1, 0.15) is 9.84 Å². The third-order valence-corrected chi connectivity index (χ3v) is 1.57. The lowest BCUT2D eigenvalue weighted by molar-refractivity contribution is 0.603. The monoisotopic (exact) mass is 402 g/mol. The van der Waals surface area contributed by atoms with Gasteiger partial charge in [-0.3, -0.25) is 0 Å². The van der Waals surface area contributed by atoms with Crippen molar-refractivity contribution in [2.45, 2.75) is 133 Å². The predicted molar refractivity (Wildman–Crippen MR) is 141 cm³/mol. The minimum absolute atomic E-state index is 0. The summed E-state index contributed by atoms with van der Waals surface area (Å²) in [6, 6.07) is 0. The highest BCUT2D eigenvalue weighted by Gasteiger charge is 1.90. The van der Waals surface area contributed by atoms with Crippen molar-refractivity contribution in [2.75, 3.05) is 12.0 Å². The van der Waals surface area contributed by atoms with E-state index in [0.717, 1.165) is 0 Å². The van der Waals surface area contributed by atoms with Gasteiger partial charge < -0.3 is 0 Å². The molecule has 0 amide bonds. The summed E-state index contributed by atoms with van der Waals surface area (Å²) in [6.45, 7) is 33.6. The van der Waals surface area contributed by atoms with Gasteiger partial charge in [0.05, 0.1) is 0 Å². The second kappa shape index (κ2) is 290. The molecule has 0 aliphatic rings. The van der Waals surface area contributed by atoms with Gasteiger partial charge in [0.15, 0.2) is 0 Å². The molecule has 0 aromatic carbocycles. The minimum Gasteiger partial charge on any atom is -0.229 e. The van der Waals surface area contributed by atoms with Crippen LogP contribution in [0.25, 0.3) is 0 Å². The van der Waals surface area contributed by atoms with Gasteiger partial charge in [-0.1, -0.05) is 133 Å². The molecule has 0 fully saturated rings. The van der Waals surface area contributed by atoms with Gasteiger partial charge >= 0.3 is 0 Å². The molecule has 0 atom stereocenters. The number of sulfone groups is 1. The Morgan fingerprint density at radius 2 is 0.500 bits per heavy atom. The SMILES string of the molecule is C.C.CC.CC.CC.CC.CC.CC.CC.CC.CCS(C)(=O)=O.[B].[B]. The second-order valence-corrected chi connectivity index (χ2v) is 3.64. The number of hydrogen-bond acceptors (Lipinski definition) is 2. The van der Waals surface area contributed by atoms with E-state index in [-0.39, 0.29) is 37.4 Å². The molecule has 5 heteroatoms. The highest BCUT2D eigenvalue weighted by Crippen LogP contribution is 1.75. The molecule has 26 heavy (non-hydrogen) atoms. The van der Waals surface area contributed by atoms with Gasteiger partial charge in [-0.15, -0.1) is 0 Å². The second-order valence-electron chi connectivity index (χ2n) is 1.21. The van der Waals surface area contributed by atoms with Crippen molar-refractivity contribution in [2.24, 2.45) is 0 Å². The van der Waals surface area contributed by atoms with Crippen molar-refractivity contribution < 1.29 is 8.42 Å². The van der Waals surface area contributed by atoms with Gasteiger partial charge in [-0.2, -0.15) is 0 Å². The quantitative estimate of drug-likeness (QED) is 0.411. The van der Waals surface area contributed by atoms with Crippen LogP contribution in [0, 0.1) is 0 Å². The Bertz CT molecular complexity index is 128. The average molecular weight is 402 g/mol. The van der Waals surface area contributed by atoms with E-state index >= 15 is 0 Å². The molecule has 0 unspecified atom stereocenters. The van der Waals surface area contributed by atoms with Crippen molar-refractivity contribution in [1.29, 1.82) is 0 Å². The Morgan fingerprint density at radius 1 is 0.462 bits per heavy atom. The summed E-state index contributed by atoms with van der Waals surface area (Å²) in [5.41, 5.74) is 0. The Kier molecular flexibility index (Phi) is 1070. The summed E-state index contributed by atoms with van der Waals surface area (Å²) < 4.78 is 20.0. The molecule has 0 aromatic heterocycles. The van der Waals surface area contributed by atoms with Gasteiger partial charge in [0.2, 0.25) is 0 Å². The van der Waals surface area contributed by atoms with E-state index in [0.29, 0.717) is 0 Å². The molecule has 2 nitrogen and oxygen atoms in total. The van der Waals surface area contributed by atoms with Crippen LogP contribution in [-0.4, -0.2) is 37.3 Å². The molecular weight excluding hydrogens is 338 g/mol. The van der Waals surface area contributed by atoms with Crippen molar-refractivity contribution in [3.63, 3.8) is 0 Å². The predicted octanol–water partition coefficient (Wildman–Crippen LogP) is 8.77. The molecule has 0 rings (SSSR count). The fourth-order valence-electron chi connectivity index (χ4n) is 0. The molecule has 6 radical (unpaired) electrons. The number of rotatable bonds is 1. The van der Waals surface area contributed by atoms with E-state index in [1.54, 1.807) is 6.92 Å². The van der Waals surface area contributed by atoms with Crippen LogP contribution in [0.2, 0.25) is 0 Å². The molecule has 0 aromatic rings. The fourth-order valence-corrected chi connectivity index (χ4v) is 0. The molecular formula is C21H64B2O2S. The zero-order chi connectivity index (χ0) is 21.2. The van der Waals surface area contributed by atoms with Crippen LogP contribution < -0.4 is 0 Å². The van der Waals surface area contributed by atoms with Crippen molar-refractivity contribution in [1.82, 2.24) is 0 Å². The molecule has 0 heterocycles. The summed E-state index contributed by atoms with van der Waals surface area (Å²) in [5, 5.41) is 0. The summed E-state index contributed by atoms with van der Waals surface area (Å²) in [4.78, 5) is 0. The minimum atomic E-state index is -2.66. The van der Waals surface area contributed by atoms with Gasteiger partial charge in [0, 0.05) is 28.8 Å². The Hall–Kier alpha value is 0.0799. The molecule has 172 valence electrons. The molecule has 0 saturated carbocycles. The summed E-state index contributed by atoms with van der Waals surface area (Å²) in [5.74, 6) is 0.243. The summed E-state index contributed by atoms with van der Waals surface area (Å²) in [7, 11) is -2.66. The van der Waals surface area contributed by atoms with Crippen molar-refractivity contribution in [3.05, 3.63) is 0 Å². The Morgan fingerprint density at radius 3 is 0.500 bits per heavy atom. The van der Waals surface area contributed by atoms with Crippen LogP contribution in [0.3, 0.4) is 0 Å². The molecule has 0 spiro atoms. The van der Waals surface area contributed by atoms with Crippen LogP contribution in [0.1, 0.15) is 133 Å². The standard InChI is InChI=1S/C3H8O2S.8C2H6.2CH4.2B/c1-3-6(2,4)5;8*1-2;;;;/h3H2,1-2H3;8*1-2H3;2*1H4;;. The first-order valence-corrected chi connectivity index (χ1v) is 11.8. The maximum Gasteiger partial charge on any atom is 0.147 e. The Balaban J connectivity index is -0.00000000689.